The highest BCUT2D eigenvalue weighted by atomic mass is 16.6. The van der Waals surface area contributed by atoms with Crippen molar-refractivity contribution in [3.63, 3.8) is 0 Å². The second-order valence-corrected chi connectivity index (χ2v) is 5.50. The molecule has 2 heteroatoms. The monoisotopic (exact) mass is 218 g/mol. The highest BCUT2D eigenvalue weighted by Crippen LogP contribution is 2.42. The molecule has 1 aliphatic heterocycles. The van der Waals surface area contributed by atoms with Crippen LogP contribution in [0.2, 0.25) is 0 Å². The van der Waals surface area contributed by atoms with Gasteiger partial charge in [0.25, 0.3) is 0 Å². The molecule has 1 aromatic carbocycles. The lowest BCUT2D eigenvalue weighted by Gasteiger charge is -2.14. The number of carbonyl (C=O) groups excluding carboxylic acids is 1. The van der Waals surface area contributed by atoms with Gasteiger partial charge in [-0.15, -0.1) is 0 Å². The van der Waals surface area contributed by atoms with Gasteiger partial charge in [-0.2, -0.15) is 0 Å². The zero-order chi connectivity index (χ0) is 11.9. The highest BCUT2D eigenvalue weighted by molar-refractivity contribution is 5.90. The summed E-state index contributed by atoms with van der Waals surface area (Å²) >= 11 is 0. The molecular weight excluding hydrogens is 200 g/mol. The van der Waals surface area contributed by atoms with E-state index in [1.54, 1.807) is 0 Å². The highest BCUT2D eigenvalue weighted by Gasteiger charge is 2.49. The first kappa shape index (κ1) is 11.3. The number of benzene rings is 1. The molecule has 0 aromatic heterocycles. The molecule has 1 aromatic rings. The van der Waals surface area contributed by atoms with Crippen LogP contribution in [0.3, 0.4) is 0 Å². The average molecular weight is 218 g/mol. The summed E-state index contributed by atoms with van der Waals surface area (Å²) in [6.07, 6.45) is -0.255. The van der Waals surface area contributed by atoms with Crippen molar-refractivity contribution in [3.05, 3.63) is 35.4 Å². The Labute approximate surface area is 96.6 Å². The van der Waals surface area contributed by atoms with Crippen LogP contribution in [-0.4, -0.2) is 11.9 Å². The van der Waals surface area contributed by atoms with Crippen molar-refractivity contribution in [2.75, 3.05) is 0 Å². The van der Waals surface area contributed by atoms with Gasteiger partial charge >= 0.3 is 0 Å². The van der Waals surface area contributed by atoms with Crippen molar-refractivity contribution in [3.8, 4) is 0 Å². The van der Waals surface area contributed by atoms with E-state index in [1.807, 2.05) is 32.9 Å². The summed E-state index contributed by atoms with van der Waals surface area (Å²) < 4.78 is 5.48. The Morgan fingerprint density at radius 2 is 1.75 bits per heavy atom. The first-order valence-corrected chi connectivity index (χ1v) is 5.66. The molecule has 16 heavy (non-hydrogen) atoms. The summed E-state index contributed by atoms with van der Waals surface area (Å²) in [5, 5.41) is 0. The van der Waals surface area contributed by atoms with E-state index in [0.29, 0.717) is 0 Å². The van der Waals surface area contributed by atoms with Gasteiger partial charge in [-0.05, 0) is 12.5 Å². The van der Waals surface area contributed by atoms with E-state index in [2.05, 4.69) is 19.1 Å². The Kier molecular flexibility index (Phi) is 2.62. The Balaban J connectivity index is 2.07. The Bertz CT molecular complexity index is 398. The summed E-state index contributed by atoms with van der Waals surface area (Å²) in [5.41, 5.74) is 2.01. The van der Waals surface area contributed by atoms with Crippen LogP contribution in [0, 0.1) is 12.3 Å². The number of epoxide rings is 1. The summed E-state index contributed by atoms with van der Waals surface area (Å²) in [5.74, 6) is 0.193. The standard InChI is InChI=1S/C14H18O2/c1-9-5-7-10(8-6-9)11-12(16-11)13(15)14(2,3)4/h5-8,11-12H,1-4H3/t11-,12+/m1/s1. The van der Waals surface area contributed by atoms with Crippen LogP contribution in [0.15, 0.2) is 24.3 Å². The second kappa shape index (κ2) is 3.70. The number of ether oxygens (including phenoxy) is 1. The molecule has 0 N–H and O–H groups in total. The Morgan fingerprint density at radius 1 is 1.19 bits per heavy atom. The third-order valence-electron chi connectivity index (χ3n) is 2.90. The molecule has 0 amide bonds. The molecule has 1 fully saturated rings. The number of hydrogen-bond acceptors (Lipinski definition) is 2. The Hall–Kier alpha value is -1.15. The van der Waals surface area contributed by atoms with Crippen LogP contribution in [0.25, 0.3) is 0 Å². The normalized spacial score (nSPS) is 24.2. The molecule has 0 radical (unpaired) electrons. The van der Waals surface area contributed by atoms with Crippen molar-refractivity contribution in [2.24, 2.45) is 5.41 Å². The summed E-state index contributed by atoms with van der Waals surface area (Å²) in [7, 11) is 0. The largest absolute Gasteiger partial charge is 0.356 e. The molecule has 2 rings (SSSR count). The van der Waals surface area contributed by atoms with E-state index in [4.69, 9.17) is 4.74 Å². The maximum Gasteiger partial charge on any atom is 0.169 e. The predicted molar refractivity (Wildman–Crippen MR) is 63.3 cm³/mol. The first-order chi connectivity index (χ1) is 7.39. The van der Waals surface area contributed by atoms with Crippen molar-refractivity contribution < 1.29 is 9.53 Å². The second-order valence-electron chi connectivity index (χ2n) is 5.50. The fourth-order valence-electron chi connectivity index (χ4n) is 1.75. The molecule has 1 heterocycles. The number of hydrogen-bond donors (Lipinski definition) is 0. The number of ketones is 1. The van der Waals surface area contributed by atoms with Crippen LogP contribution in [-0.2, 0) is 9.53 Å². The Morgan fingerprint density at radius 3 is 2.25 bits per heavy atom. The molecule has 2 nitrogen and oxygen atoms in total. The van der Waals surface area contributed by atoms with Gasteiger partial charge in [-0.3, -0.25) is 4.79 Å². The van der Waals surface area contributed by atoms with Crippen LogP contribution in [0.4, 0.5) is 0 Å². The zero-order valence-corrected chi connectivity index (χ0v) is 10.3. The number of rotatable bonds is 2. The minimum atomic E-state index is -0.315. The van der Waals surface area contributed by atoms with Gasteiger partial charge in [0.2, 0.25) is 0 Å². The minimum Gasteiger partial charge on any atom is -0.356 e. The molecule has 0 spiro atoms. The molecule has 1 aliphatic rings. The van der Waals surface area contributed by atoms with E-state index in [-0.39, 0.29) is 23.4 Å². The van der Waals surface area contributed by atoms with E-state index in [9.17, 15) is 4.79 Å². The first-order valence-electron chi connectivity index (χ1n) is 5.66. The smallest absolute Gasteiger partial charge is 0.169 e. The van der Waals surface area contributed by atoms with Crippen LogP contribution >= 0.6 is 0 Å². The number of aryl methyl sites for hydroxylation is 1. The van der Waals surface area contributed by atoms with Crippen LogP contribution < -0.4 is 0 Å². The number of Topliss-reactive ketones (excluding diaryl/α,β-unsaturated/α-hetero) is 1. The molecule has 86 valence electrons. The van der Waals surface area contributed by atoms with Crippen molar-refractivity contribution in [1.29, 1.82) is 0 Å². The summed E-state index contributed by atoms with van der Waals surface area (Å²) in [6.45, 7) is 7.85. The molecule has 0 unspecified atom stereocenters. The van der Waals surface area contributed by atoms with E-state index in [0.717, 1.165) is 5.56 Å². The molecule has 2 atom stereocenters. The molecule has 0 bridgehead atoms. The van der Waals surface area contributed by atoms with Gasteiger partial charge < -0.3 is 4.74 Å². The lowest BCUT2D eigenvalue weighted by Crippen LogP contribution is -2.25. The average Bonchev–Trinajstić information content (AvgIpc) is 2.96. The van der Waals surface area contributed by atoms with Crippen LogP contribution in [0.1, 0.15) is 38.0 Å². The molecular formula is C14H18O2. The van der Waals surface area contributed by atoms with Crippen LogP contribution in [0.5, 0.6) is 0 Å². The van der Waals surface area contributed by atoms with Gasteiger partial charge in [-0.25, -0.2) is 0 Å². The topological polar surface area (TPSA) is 29.6 Å². The maximum absolute atomic E-state index is 12.0. The summed E-state index contributed by atoms with van der Waals surface area (Å²) in [6, 6.07) is 8.18. The maximum atomic E-state index is 12.0. The SMILES string of the molecule is Cc1ccc([C@H]2O[C@@H]2C(=O)C(C)(C)C)cc1. The van der Waals surface area contributed by atoms with E-state index < -0.39 is 0 Å². The van der Waals surface area contributed by atoms with Gasteiger partial charge in [0, 0.05) is 5.41 Å². The van der Waals surface area contributed by atoms with Gasteiger partial charge in [-0.1, -0.05) is 50.6 Å². The fraction of sp³-hybridized carbons (Fsp3) is 0.500. The third-order valence-corrected chi connectivity index (χ3v) is 2.90. The lowest BCUT2D eigenvalue weighted by molar-refractivity contribution is -0.127. The zero-order valence-electron chi connectivity index (χ0n) is 10.3. The molecule has 0 saturated carbocycles. The quantitative estimate of drug-likeness (QED) is 0.714. The van der Waals surface area contributed by atoms with Gasteiger partial charge in [0.1, 0.15) is 12.2 Å². The summed E-state index contributed by atoms with van der Waals surface area (Å²) in [4.78, 5) is 12.0. The third kappa shape index (κ3) is 2.17. The predicted octanol–water partition coefficient (Wildman–Crippen LogP) is 3.05. The minimum absolute atomic E-state index is 0.0210. The van der Waals surface area contributed by atoms with E-state index in [1.165, 1.54) is 5.56 Å². The lowest BCUT2D eigenvalue weighted by atomic mass is 9.87. The van der Waals surface area contributed by atoms with Crippen molar-refractivity contribution in [1.82, 2.24) is 0 Å². The number of carbonyl (C=O) groups is 1. The van der Waals surface area contributed by atoms with Gasteiger partial charge in [0.05, 0.1) is 0 Å². The fourth-order valence-corrected chi connectivity index (χ4v) is 1.75. The van der Waals surface area contributed by atoms with E-state index >= 15 is 0 Å². The van der Waals surface area contributed by atoms with Crippen molar-refractivity contribution in [2.45, 2.75) is 39.9 Å². The molecule has 1 saturated heterocycles. The molecule has 0 aliphatic carbocycles. The van der Waals surface area contributed by atoms with Crippen molar-refractivity contribution >= 4 is 5.78 Å². The van der Waals surface area contributed by atoms with Gasteiger partial charge in [0.15, 0.2) is 5.78 Å².